The van der Waals surface area contributed by atoms with Crippen LogP contribution in [0.1, 0.15) is 45.7 Å². The molecule has 2 saturated heterocycles. The van der Waals surface area contributed by atoms with Crippen molar-refractivity contribution < 1.29 is 23.9 Å². The fourth-order valence-electron chi connectivity index (χ4n) is 4.44. The maximum atomic E-state index is 13.0. The summed E-state index contributed by atoms with van der Waals surface area (Å²) in [5.41, 5.74) is 2.07. The number of imide groups is 1. The summed E-state index contributed by atoms with van der Waals surface area (Å²) < 4.78 is 6.76. The van der Waals surface area contributed by atoms with Crippen molar-refractivity contribution in [2.45, 2.75) is 38.0 Å². The molecule has 0 saturated carbocycles. The first-order valence-electron chi connectivity index (χ1n) is 10.5. The number of nitrogens with zero attached hydrogens (tertiary/aromatic N) is 5. The summed E-state index contributed by atoms with van der Waals surface area (Å²) in [6, 6.07) is 4.62. The van der Waals surface area contributed by atoms with E-state index in [1.54, 1.807) is 36.4 Å². The fourth-order valence-corrected chi connectivity index (χ4v) is 4.44. The number of fused-ring (bicyclic) bond motifs is 1. The normalized spacial score (nSPS) is 23.0. The molecule has 3 aliphatic heterocycles. The molecule has 166 valence electrons. The van der Waals surface area contributed by atoms with Crippen LogP contribution < -0.4 is 5.32 Å². The van der Waals surface area contributed by atoms with Gasteiger partial charge >= 0.3 is 0 Å². The number of nitrogens with one attached hydrogen (secondary N) is 1. The highest BCUT2D eigenvalue weighted by molar-refractivity contribution is 6.05. The molecule has 0 aliphatic carbocycles. The van der Waals surface area contributed by atoms with Gasteiger partial charge in [-0.25, -0.2) is 4.68 Å². The van der Waals surface area contributed by atoms with E-state index in [2.05, 4.69) is 15.6 Å². The molecule has 3 aliphatic rings. The van der Waals surface area contributed by atoms with Gasteiger partial charge in [0.05, 0.1) is 18.0 Å². The molecule has 32 heavy (non-hydrogen) atoms. The van der Waals surface area contributed by atoms with Crippen molar-refractivity contribution in [2.24, 2.45) is 0 Å². The van der Waals surface area contributed by atoms with Gasteiger partial charge in [0.15, 0.2) is 5.69 Å². The van der Waals surface area contributed by atoms with Crippen LogP contribution in [0.3, 0.4) is 0 Å². The van der Waals surface area contributed by atoms with Crippen molar-refractivity contribution >= 4 is 23.6 Å². The lowest BCUT2D eigenvalue weighted by molar-refractivity contribution is -0.136. The van der Waals surface area contributed by atoms with E-state index in [1.165, 1.54) is 9.58 Å². The molecule has 2 unspecified atom stereocenters. The van der Waals surface area contributed by atoms with E-state index in [-0.39, 0.29) is 35.9 Å². The number of aromatic nitrogens is 3. The van der Waals surface area contributed by atoms with Crippen molar-refractivity contribution in [3.63, 3.8) is 0 Å². The topological polar surface area (TPSA) is 127 Å². The van der Waals surface area contributed by atoms with Crippen LogP contribution in [0.25, 0.3) is 5.69 Å². The summed E-state index contributed by atoms with van der Waals surface area (Å²) in [6.45, 7) is 1.43. The molecule has 2 atom stereocenters. The van der Waals surface area contributed by atoms with Crippen LogP contribution in [0.15, 0.2) is 24.4 Å². The minimum absolute atomic E-state index is 0.0315. The zero-order chi connectivity index (χ0) is 22.4. The van der Waals surface area contributed by atoms with E-state index in [4.69, 9.17) is 4.74 Å². The Bertz CT molecular complexity index is 1130. The number of piperidine rings is 1. The van der Waals surface area contributed by atoms with Crippen LogP contribution in [-0.2, 0) is 20.9 Å². The Labute approximate surface area is 183 Å². The number of hydrogen-bond donors (Lipinski definition) is 1. The molecular formula is C21H22N6O5. The second-order valence-electron chi connectivity index (χ2n) is 8.19. The monoisotopic (exact) mass is 438 g/mol. The van der Waals surface area contributed by atoms with E-state index in [9.17, 15) is 19.2 Å². The Morgan fingerprint density at radius 2 is 2.06 bits per heavy atom. The number of methoxy groups -OCH3 is 1. The first-order valence-corrected chi connectivity index (χ1v) is 10.5. The molecule has 2 aromatic rings. The van der Waals surface area contributed by atoms with Crippen LogP contribution in [0, 0.1) is 0 Å². The summed E-state index contributed by atoms with van der Waals surface area (Å²) >= 11 is 0. The van der Waals surface area contributed by atoms with Crippen LogP contribution in [0.4, 0.5) is 0 Å². The van der Waals surface area contributed by atoms with Gasteiger partial charge in [0.1, 0.15) is 6.04 Å². The quantitative estimate of drug-likeness (QED) is 0.660. The van der Waals surface area contributed by atoms with Crippen molar-refractivity contribution in [2.75, 3.05) is 20.2 Å². The molecule has 11 nitrogen and oxygen atoms in total. The van der Waals surface area contributed by atoms with E-state index in [1.807, 2.05) is 0 Å². The first-order chi connectivity index (χ1) is 15.4. The van der Waals surface area contributed by atoms with E-state index < -0.39 is 11.9 Å². The third-order valence-electron chi connectivity index (χ3n) is 6.25. The number of hydrogen-bond acceptors (Lipinski definition) is 7. The number of benzene rings is 1. The van der Waals surface area contributed by atoms with Gasteiger partial charge < -0.3 is 14.5 Å². The zero-order valence-corrected chi connectivity index (χ0v) is 17.5. The van der Waals surface area contributed by atoms with Crippen molar-refractivity contribution in [3.8, 4) is 5.69 Å². The number of amides is 4. The second kappa shape index (κ2) is 7.83. The highest BCUT2D eigenvalue weighted by Crippen LogP contribution is 2.29. The SMILES string of the molecule is COC1CCN(C(=O)c2cn(-c3ccc4c(c3)C(=O)N(C3CCC(=O)NC3=O)C4)nn2)C1. The third kappa shape index (κ3) is 3.44. The minimum atomic E-state index is -0.664. The molecule has 5 rings (SSSR count). The van der Waals surface area contributed by atoms with E-state index in [0.717, 1.165) is 12.0 Å². The summed E-state index contributed by atoms with van der Waals surface area (Å²) in [7, 11) is 1.63. The van der Waals surface area contributed by atoms with Gasteiger partial charge in [-0.2, -0.15) is 0 Å². The second-order valence-corrected chi connectivity index (χ2v) is 8.19. The molecule has 1 aromatic heterocycles. The summed E-state index contributed by atoms with van der Waals surface area (Å²) in [5.74, 6) is -1.24. The van der Waals surface area contributed by atoms with Crippen LogP contribution >= 0.6 is 0 Å². The predicted octanol–water partition coefficient (Wildman–Crippen LogP) is -0.111. The predicted molar refractivity (Wildman–Crippen MR) is 109 cm³/mol. The average molecular weight is 438 g/mol. The van der Waals surface area contributed by atoms with Gasteiger partial charge in [-0.05, 0) is 30.5 Å². The van der Waals surface area contributed by atoms with Crippen LogP contribution in [0.5, 0.6) is 0 Å². The highest BCUT2D eigenvalue weighted by atomic mass is 16.5. The average Bonchev–Trinajstić information content (AvgIpc) is 3.52. The summed E-state index contributed by atoms with van der Waals surface area (Å²) in [6.07, 6.45) is 2.88. The lowest BCUT2D eigenvalue weighted by Gasteiger charge is -2.29. The Kier molecular flexibility index (Phi) is 4.97. The molecule has 4 heterocycles. The lowest BCUT2D eigenvalue weighted by atomic mass is 10.0. The van der Waals surface area contributed by atoms with Crippen molar-refractivity contribution in [3.05, 3.63) is 41.2 Å². The number of likely N-dealkylation sites (tertiary alicyclic amines) is 1. The summed E-state index contributed by atoms with van der Waals surface area (Å²) in [4.78, 5) is 52.5. The lowest BCUT2D eigenvalue weighted by Crippen LogP contribution is -2.52. The van der Waals surface area contributed by atoms with Gasteiger partial charge in [-0.1, -0.05) is 11.3 Å². The Morgan fingerprint density at radius 3 is 2.81 bits per heavy atom. The van der Waals surface area contributed by atoms with Gasteiger partial charge in [0.25, 0.3) is 11.8 Å². The summed E-state index contributed by atoms with van der Waals surface area (Å²) in [5, 5.41) is 10.4. The molecule has 1 aromatic carbocycles. The number of carbonyl (C=O) groups excluding carboxylic acids is 4. The number of carbonyl (C=O) groups is 4. The largest absolute Gasteiger partial charge is 0.380 e. The number of ether oxygens (including phenoxy) is 1. The van der Waals surface area contributed by atoms with E-state index in [0.29, 0.717) is 37.3 Å². The smallest absolute Gasteiger partial charge is 0.276 e. The van der Waals surface area contributed by atoms with Crippen molar-refractivity contribution in [1.29, 1.82) is 0 Å². The van der Waals surface area contributed by atoms with Gasteiger partial charge in [-0.15, -0.1) is 5.10 Å². The Morgan fingerprint density at radius 1 is 1.22 bits per heavy atom. The van der Waals surface area contributed by atoms with Crippen LogP contribution in [-0.4, -0.2) is 80.8 Å². The maximum Gasteiger partial charge on any atom is 0.276 e. The first kappa shape index (κ1) is 20.3. The minimum Gasteiger partial charge on any atom is -0.380 e. The standard InChI is InChI=1S/C21H22N6O5/c1-32-14-6-7-25(10-14)21(31)16-11-27(24-23-16)13-3-2-12-9-26(20(30)15(12)8-13)17-4-5-18(28)22-19(17)29/h2-3,8,11,14,17H,4-7,9-10H2,1H3,(H,22,28,29). The fraction of sp³-hybridized carbons (Fsp3) is 0.429. The molecule has 0 radical (unpaired) electrons. The van der Waals surface area contributed by atoms with Crippen LogP contribution in [0.2, 0.25) is 0 Å². The molecule has 2 fully saturated rings. The van der Waals surface area contributed by atoms with Gasteiger partial charge in [0.2, 0.25) is 11.8 Å². The molecule has 0 bridgehead atoms. The highest BCUT2D eigenvalue weighted by Gasteiger charge is 2.39. The maximum absolute atomic E-state index is 13.0. The van der Waals surface area contributed by atoms with Gasteiger partial charge in [-0.3, -0.25) is 24.5 Å². The molecule has 0 spiro atoms. The molecular weight excluding hydrogens is 416 g/mol. The van der Waals surface area contributed by atoms with Gasteiger partial charge in [0, 0.05) is 38.7 Å². The third-order valence-corrected chi connectivity index (χ3v) is 6.25. The molecule has 1 N–H and O–H groups in total. The number of rotatable bonds is 4. The zero-order valence-electron chi connectivity index (χ0n) is 17.5. The van der Waals surface area contributed by atoms with Crippen molar-refractivity contribution in [1.82, 2.24) is 30.1 Å². The Balaban J connectivity index is 1.34. The van der Waals surface area contributed by atoms with E-state index >= 15 is 0 Å². The molecule has 4 amide bonds. The molecule has 11 heteroatoms. The Hall–Kier alpha value is -3.60.